The van der Waals surface area contributed by atoms with Crippen molar-refractivity contribution in [3.05, 3.63) is 29.8 Å². The molecule has 1 aromatic rings. The minimum Gasteiger partial charge on any atom is -0.495 e. The van der Waals surface area contributed by atoms with Crippen molar-refractivity contribution in [1.82, 2.24) is 9.21 Å². The summed E-state index contributed by atoms with van der Waals surface area (Å²) in [4.78, 5) is 15.2. The van der Waals surface area contributed by atoms with E-state index in [1.165, 1.54) is 11.4 Å². The fourth-order valence-electron chi connectivity index (χ4n) is 4.18. The van der Waals surface area contributed by atoms with Crippen molar-refractivity contribution in [3.8, 4) is 5.75 Å². The second kappa shape index (κ2) is 10.2. The largest absolute Gasteiger partial charge is 0.495 e. The van der Waals surface area contributed by atoms with Gasteiger partial charge in [-0.1, -0.05) is 32.8 Å². The van der Waals surface area contributed by atoms with Crippen LogP contribution in [0.4, 0.5) is 0 Å². The van der Waals surface area contributed by atoms with Crippen LogP contribution in [-0.4, -0.2) is 55.8 Å². The van der Waals surface area contributed by atoms with Crippen LogP contribution < -0.4 is 4.74 Å². The fraction of sp³-hybridized carbons (Fsp3) is 0.625. The number of rotatable bonds is 9. The number of hydrogen-bond acceptors (Lipinski definition) is 4. The molecule has 0 radical (unpaired) electrons. The van der Waals surface area contributed by atoms with Crippen molar-refractivity contribution in [2.24, 2.45) is 5.92 Å². The van der Waals surface area contributed by atoms with E-state index in [-0.39, 0.29) is 16.8 Å². The van der Waals surface area contributed by atoms with Gasteiger partial charge in [-0.25, -0.2) is 8.42 Å². The van der Waals surface area contributed by atoms with Crippen LogP contribution in [0.5, 0.6) is 5.75 Å². The SMILES string of the molecule is CCC(C)C(C)N(C(=O)/C=C/c1ccc(OC)c(S(=O)(=O)N2CCCCC2)c1)C1CC1. The van der Waals surface area contributed by atoms with Crippen LogP contribution in [-0.2, 0) is 14.8 Å². The lowest BCUT2D eigenvalue weighted by molar-refractivity contribution is -0.129. The highest BCUT2D eigenvalue weighted by Gasteiger charge is 2.36. The Labute approximate surface area is 187 Å². The van der Waals surface area contributed by atoms with Crippen LogP contribution in [0.3, 0.4) is 0 Å². The summed E-state index contributed by atoms with van der Waals surface area (Å²) >= 11 is 0. The highest BCUT2D eigenvalue weighted by molar-refractivity contribution is 7.89. The summed E-state index contributed by atoms with van der Waals surface area (Å²) in [5.74, 6) is 0.755. The summed E-state index contributed by atoms with van der Waals surface area (Å²) in [6, 6.07) is 5.58. The van der Waals surface area contributed by atoms with E-state index in [1.54, 1.807) is 30.4 Å². The third-order valence-corrected chi connectivity index (χ3v) is 8.56. The van der Waals surface area contributed by atoms with Gasteiger partial charge < -0.3 is 9.64 Å². The van der Waals surface area contributed by atoms with E-state index in [1.807, 2.05) is 4.90 Å². The van der Waals surface area contributed by atoms with E-state index >= 15 is 0 Å². The lowest BCUT2D eigenvalue weighted by Gasteiger charge is -2.32. The second-order valence-corrected chi connectivity index (χ2v) is 10.7. The van der Waals surface area contributed by atoms with Gasteiger partial charge in [-0.2, -0.15) is 4.31 Å². The van der Waals surface area contributed by atoms with Crippen molar-refractivity contribution < 1.29 is 17.9 Å². The summed E-state index contributed by atoms with van der Waals surface area (Å²) < 4.78 is 33.3. The Balaban J connectivity index is 1.84. The van der Waals surface area contributed by atoms with Gasteiger partial charge >= 0.3 is 0 Å². The topological polar surface area (TPSA) is 66.9 Å². The smallest absolute Gasteiger partial charge is 0.247 e. The molecular weight excluding hydrogens is 412 g/mol. The number of carbonyl (C=O) groups is 1. The molecule has 2 aliphatic rings. The van der Waals surface area contributed by atoms with Gasteiger partial charge in [0.15, 0.2) is 0 Å². The molecule has 31 heavy (non-hydrogen) atoms. The summed E-state index contributed by atoms with van der Waals surface area (Å²) in [5, 5.41) is 0. The lowest BCUT2D eigenvalue weighted by atomic mass is 9.99. The lowest BCUT2D eigenvalue weighted by Crippen LogP contribution is -2.42. The molecule has 1 heterocycles. The molecule has 1 amide bonds. The van der Waals surface area contributed by atoms with E-state index in [4.69, 9.17) is 4.74 Å². The van der Waals surface area contributed by atoms with Gasteiger partial charge in [0.1, 0.15) is 10.6 Å². The van der Waals surface area contributed by atoms with Crippen molar-refractivity contribution >= 4 is 22.0 Å². The standard InChI is InChI=1S/C24H36N2O4S/c1-5-18(2)19(3)26(21-11-12-21)24(27)14-10-20-9-13-22(30-4)23(17-20)31(28,29)25-15-7-6-8-16-25/h9-10,13-14,17-19,21H,5-8,11-12,15-16H2,1-4H3/b14-10+. The van der Waals surface area contributed by atoms with Crippen LogP contribution in [0.2, 0.25) is 0 Å². The van der Waals surface area contributed by atoms with E-state index in [0.29, 0.717) is 36.4 Å². The van der Waals surface area contributed by atoms with Crippen molar-refractivity contribution in [2.45, 2.75) is 76.3 Å². The highest BCUT2D eigenvalue weighted by Crippen LogP contribution is 2.32. The van der Waals surface area contributed by atoms with Gasteiger partial charge in [0.05, 0.1) is 7.11 Å². The molecule has 1 aromatic carbocycles. The van der Waals surface area contributed by atoms with Crippen molar-refractivity contribution in [2.75, 3.05) is 20.2 Å². The Kier molecular flexibility index (Phi) is 7.81. The number of hydrogen-bond donors (Lipinski definition) is 0. The number of benzene rings is 1. The van der Waals surface area contributed by atoms with Crippen LogP contribution in [0, 0.1) is 5.92 Å². The zero-order valence-corrected chi connectivity index (χ0v) is 20.0. The zero-order valence-electron chi connectivity index (χ0n) is 19.2. The molecule has 0 bridgehead atoms. The molecule has 2 atom stereocenters. The number of carbonyl (C=O) groups excluding carboxylic acids is 1. The first-order valence-electron chi connectivity index (χ1n) is 11.5. The average molecular weight is 449 g/mol. The number of nitrogens with zero attached hydrogens (tertiary/aromatic N) is 2. The summed E-state index contributed by atoms with van der Waals surface area (Å²) in [7, 11) is -2.16. The fourth-order valence-corrected chi connectivity index (χ4v) is 5.89. The molecule has 172 valence electrons. The van der Waals surface area contributed by atoms with Crippen LogP contribution in [0.1, 0.15) is 64.9 Å². The van der Waals surface area contributed by atoms with Gasteiger partial charge in [-0.15, -0.1) is 0 Å². The Bertz CT molecular complexity index is 902. The molecule has 2 unspecified atom stereocenters. The molecule has 0 aromatic heterocycles. The quantitative estimate of drug-likeness (QED) is 0.528. The number of piperidine rings is 1. The van der Waals surface area contributed by atoms with Crippen LogP contribution in [0.25, 0.3) is 6.08 Å². The summed E-state index contributed by atoms with van der Waals surface area (Å²) in [5.41, 5.74) is 0.677. The molecule has 1 aliphatic heterocycles. The maximum Gasteiger partial charge on any atom is 0.247 e. The molecule has 1 saturated carbocycles. The summed E-state index contributed by atoms with van der Waals surface area (Å²) in [6.45, 7) is 7.52. The number of ether oxygens (including phenoxy) is 1. The monoisotopic (exact) mass is 448 g/mol. The van der Waals surface area contributed by atoms with Gasteiger partial charge in [0.25, 0.3) is 0 Å². The predicted molar refractivity (Wildman–Crippen MR) is 123 cm³/mol. The van der Waals surface area contributed by atoms with Gasteiger partial charge in [-0.05, 0) is 62.3 Å². The molecule has 7 heteroatoms. The van der Waals surface area contributed by atoms with Crippen LogP contribution in [0.15, 0.2) is 29.2 Å². The Morgan fingerprint density at radius 1 is 1.23 bits per heavy atom. The molecule has 6 nitrogen and oxygen atoms in total. The number of methoxy groups -OCH3 is 1. The average Bonchev–Trinajstić information content (AvgIpc) is 3.62. The van der Waals surface area contributed by atoms with E-state index in [2.05, 4.69) is 20.8 Å². The Morgan fingerprint density at radius 3 is 2.48 bits per heavy atom. The Morgan fingerprint density at radius 2 is 1.90 bits per heavy atom. The molecule has 0 N–H and O–H groups in total. The summed E-state index contributed by atoms with van der Waals surface area (Å²) in [6.07, 6.45) is 9.24. The highest BCUT2D eigenvalue weighted by atomic mass is 32.2. The van der Waals surface area contributed by atoms with E-state index in [0.717, 1.165) is 38.5 Å². The van der Waals surface area contributed by atoms with Crippen LogP contribution >= 0.6 is 0 Å². The third kappa shape index (κ3) is 5.50. The van der Waals surface area contributed by atoms with Crippen molar-refractivity contribution in [1.29, 1.82) is 0 Å². The molecule has 1 aliphatic carbocycles. The molecule has 1 saturated heterocycles. The van der Waals surface area contributed by atoms with Gasteiger partial charge in [-0.3, -0.25) is 4.79 Å². The molecule has 3 rings (SSSR count). The van der Waals surface area contributed by atoms with E-state index < -0.39 is 10.0 Å². The maximum atomic E-state index is 13.2. The molecule has 0 spiro atoms. The molecular formula is C24H36N2O4S. The first kappa shape index (κ1) is 23.8. The maximum absolute atomic E-state index is 13.2. The first-order chi connectivity index (χ1) is 14.8. The first-order valence-corrected chi connectivity index (χ1v) is 12.9. The van der Waals surface area contributed by atoms with Gasteiger partial charge in [0.2, 0.25) is 15.9 Å². The third-order valence-electron chi connectivity index (χ3n) is 6.64. The second-order valence-electron chi connectivity index (χ2n) is 8.81. The molecule has 2 fully saturated rings. The normalized spacial score (nSPS) is 19.9. The Hall–Kier alpha value is -1.86. The van der Waals surface area contributed by atoms with Crippen molar-refractivity contribution in [3.63, 3.8) is 0 Å². The zero-order chi connectivity index (χ0) is 22.6. The minimum atomic E-state index is -3.63. The van der Waals surface area contributed by atoms with E-state index in [9.17, 15) is 13.2 Å². The minimum absolute atomic E-state index is 0.00782. The number of sulfonamides is 1. The number of amides is 1. The van der Waals surface area contributed by atoms with Gasteiger partial charge in [0, 0.05) is 31.2 Å². The predicted octanol–water partition coefficient (Wildman–Crippen LogP) is 4.31.